The van der Waals surface area contributed by atoms with E-state index < -0.39 is 53.0 Å². The summed E-state index contributed by atoms with van der Waals surface area (Å²) < 4.78 is 72.1. The summed E-state index contributed by atoms with van der Waals surface area (Å²) in [6.45, 7) is 15.3. The van der Waals surface area contributed by atoms with Crippen molar-refractivity contribution in [1.82, 2.24) is 5.32 Å². The lowest BCUT2D eigenvalue weighted by Crippen LogP contribution is -2.25. The van der Waals surface area contributed by atoms with Crippen LogP contribution in [-0.4, -0.2) is 62.8 Å². The van der Waals surface area contributed by atoms with E-state index in [1.54, 1.807) is 36.4 Å². The van der Waals surface area contributed by atoms with Crippen molar-refractivity contribution in [3.63, 3.8) is 0 Å². The van der Waals surface area contributed by atoms with Crippen LogP contribution >= 0.6 is 0 Å². The van der Waals surface area contributed by atoms with Gasteiger partial charge in [-0.1, -0.05) is 77.9 Å². The highest BCUT2D eigenvalue weighted by atomic mass is 32.2. The van der Waals surface area contributed by atoms with Crippen LogP contribution in [0.1, 0.15) is 95.6 Å². The number of rotatable bonds is 18. The zero-order chi connectivity index (χ0) is 49.1. The zero-order valence-corrected chi connectivity index (χ0v) is 40.4. The van der Waals surface area contributed by atoms with Gasteiger partial charge in [0.25, 0.3) is 16.0 Å². The van der Waals surface area contributed by atoms with Crippen molar-refractivity contribution in [1.29, 1.82) is 0 Å². The Bertz CT molecular complexity index is 3130. The molecule has 17 heteroatoms. The maximum absolute atomic E-state index is 13.5. The van der Waals surface area contributed by atoms with Crippen LogP contribution in [0.15, 0.2) is 111 Å². The van der Waals surface area contributed by atoms with Gasteiger partial charge in [0.2, 0.25) is 5.91 Å². The Hall–Kier alpha value is -6.56. The fourth-order valence-electron chi connectivity index (χ4n) is 7.38. The molecule has 6 rings (SSSR count). The van der Waals surface area contributed by atoms with Crippen molar-refractivity contribution in [2.45, 2.75) is 94.8 Å². The SMILES string of the molecule is CCC(C)(C)c1ccc(OCCCCNC(=O)c2cc(Oc3ccc(/N=N/c4c(S(C)(=O)=O)cc5cc(S(=O)(=O)O)cc(NC(C)=O)c5c4O)cc3)c3ccccc3c2O)c(C(C)(C)CC)c1. The number of aromatic hydroxyl groups is 2. The van der Waals surface area contributed by atoms with Gasteiger partial charge >= 0.3 is 0 Å². The maximum atomic E-state index is 13.5. The molecule has 0 fully saturated rings. The molecule has 0 aliphatic carbocycles. The molecule has 2 amide bonds. The molecule has 0 saturated carbocycles. The van der Waals surface area contributed by atoms with E-state index in [2.05, 4.69) is 80.6 Å². The van der Waals surface area contributed by atoms with Crippen LogP contribution in [0.5, 0.6) is 28.7 Å². The smallest absolute Gasteiger partial charge is 0.294 e. The van der Waals surface area contributed by atoms with Gasteiger partial charge in [-0.15, -0.1) is 5.11 Å². The largest absolute Gasteiger partial charge is 0.506 e. The molecule has 6 aromatic carbocycles. The fourth-order valence-corrected chi connectivity index (χ4v) is 8.76. The number of phenols is 2. The maximum Gasteiger partial charge on any atom is 0.294 e. The van der Waals surface area contributed by atoms with Crippen molar-refractivity contribution in [2.24, 2.45) is 10.2 Å². The van der Waals surface area contributed by atoms with Crippen molar-refractivity contribution in [3.8, 4) is 28.7 Å². The number of nitrogens with zero attached hydrogens (tertiary/aromatic N) is 2. The first kappa shape index (κ1) is 49.9. The number of phenolic OH excluding ortho intramolecular Hbond substituents is 2. The number of azo groups is 1. The normalized spacial score (nSPS) is 12.4. The number of unbranched alkanes of at least 4 members (excludes halogenated alkanes) is 1. The Morgan fingerprint density at radius 3 is 2.06 bits per heavy atom. The summed E-state index contributed by atoms with van der Waals surface area (Å²) in [5, 5.41) is 36.8. The van der Waals surface area contributed by atoms with Gasteiger partial charge in [-0.2, -0.15) is 13.5 Å². The highest BCUT2D eigenvalue weighted by Crippen LogP contribution is 2.46. The standard InChI is InChI=1S/C50H56N4O11S2/c1-9-49(4,5)32-17-22-41(39(27-32)50(6,7)10-2)64-24-14-13-23-51-48(58)38-29-42(36-15-11-12-16-37(36)46(38)56)65-34-20-18-33(19-21-34)53-54-45-43(66(8,59)60)26-31-25-35(67(61,62)63)28-40(52-30(3)55)44(31)47(45)57/h11-12,15-22,25-29,56-57H,9-10,13-14,23-24H2,1-8H3,(H,51,58)(H,52,55)(H,61,62,63)/b54-53+. The summed E-state index contributed by atoms with van der Waals surface area (Å²) in [6.07, 6.45) is 4.15. The van der Waals surface area contributed by atoms with Gasteiger partial charge < -0.3 is 30.3 Å². The predicted molar refractivity (Wildman–Crippen MR) is 259 cm³/mol. The molecule has 0 aliphatic rings. The number of anilines is 1. The molecule has 354 valence electrons. The highest BCUT2D eigenvalue weighted by molar-refractivity contribution is 7.90. The highest BCUT2D eigenvalue weighted by Gasteiger charge is 2.28. The van der Waals surface area contributed by atoms with Crippen molar-refractivity contribution in [2.75, 3.05) is 24.7 Å². The van der Waals surface area contributed by atoms with Crippen LogP contribution in [-0.2, 0) is 35.6 Å². The Morgan fingerprint density at radius 1 is 0.761 bits per heavy atom. The van der Waals surface area contributed by atoms with Crippen LogP contribution in [0.4, 0.5) is 17.1 Å². The van der Waals surface area contributed by atoms with E-state index in [9.17, 15) is 41.2 Å². The monoisotopic (exact) mass is 952 g/mol. The van der Waals surface area contributed by atoms with E-state index in [4.69, 9.17) is 9.47 Å². The molecule has 0 saturated heterocycles. The van der Waals surface area contributed by atoms with Crippen LogP contribution in [0.3, 0.4) is 0 Å². The zero-order valence-electron chi connectivity index (χ0n) is 38.7. The molecular weight excluding hydrogens is 897 g/mol. The van der Waals surface area contributed by atoms with Crippen molar-refractivity contribution < 1.29 is 50.7 Å². The minimum Gasteiger partial charge on any atom is -0.506 e. The molecule has 6 aromatic rings. The molecule has 0 bridgehead atoms. The minimum absolute atomic E-state index is 0.0182. The number of ether oxygens (including phenoxy) is 2. The summed E-state index contributed by atoms with van der Waals surface area (Å²) >= 11 is 0. The molecule has 15 nitrogen and oxygen atoms in total. The van der Waals surface area contributed by atoms with Crippen molar-refractivity contribution in [3.05, 3.63) is 108 Å². The molecule has 0 radical (unpaired) electrons. The van der Waals surface area contributed by atoms with Crippen LogP contribution in [0.25, 0.3) is 21.5 Å². The second kappa shape index (κ2) is 19.7. The van der Waals surface area contributed by atoms with Gasteiger partial charge in [-0.3, -0.25) is 14.1 Å². The van der Waals surface area contributed by atoms with Gasteiger partial charge in [0, 0.05) is 41.4 Å². The minimum atomic E-state index is -4.80. The van der Waals surface area contributed by atoms with Gasteiger partial charge in [0.15, 0.2) is 15.6 Å². The lowest BCUT2D eigenvalue weighted by molar-refractivity contribution is -0.114. The van der Waals surface area contributed by atoms with Gasteiger partial charge in [0.05, 0.1) is 33.3 Å². The van der Waals surface area contributed by atoms with E-state index in [0.29, 0.717) is 42.5 Å². The first-order chi connectivity index (χ1) is 31.4. The van der Waals surface area contributed by atoms with E-state index in [1.807, 2.05) is 0 Å². The Kier molecular flexibility index (Phi) is 14.7. The molecule has 0 unspecified atom stereocenters. The number of fused-ring (bicyclic) bond motifs is 2. The number of carbonyl (C=O) groups is 2. The average molecular weight is 953 g/mol. The predicted octanol–water partition coefficient (Wildman–Crippen LogP) is 11.2. The molecule has 0 heterocycles. The molecule has 0 atom stereocenters. The lowest BCUT2D eigenvalue weighted by atomic mass is 9.76. The molecule has 0 aromatic heterocycles. The summed E-state index contributed by atoms with van der Waals surface area (Å²) in [4.78, 5) is 24.4. The molecular formula is C50H56N4O11S2. The van der Waals surface area contributed by atoms with E-state index in [-0.39, 0.29) is 50.0 Å². The van der Waals surface area contributed by atoms with Crippen LogP contribution < -0.4 is 20.1 Å². The third-order valence-corrected chi connectivity index (χ3v) is 14.0. The van der Waals surface area contributed by atoms with Crippen LogP contribution in [0.2, 0.25) is 0 Å². The number of nitrogens with one attached hydrogen (secondary N) is 2. The second-order valence-electron chi connectivity index (χ2n) is 17.7. The summed E-state index contributed by atoms with van der Waals surface area (Å²) in [5.41, 5.74) is 1.95. The van der Waals surface area contributed by atoms with E-state index in [1.165, 1.54) is 29.3 Å². The van der Waals surface area contributed by atoms with Gasteiger partial charge in [0.1, 0.15) is 28.7 Å². The Morgan fingerprint density at radius 2 is 1.43 bits per heavy atom. The summed E-state index contributed by atoms with van der Waals surface area (Å²) in [5.74, 6) is -0.586. The van der Waals surface area contributed by atoms with Gasteiger partial charge in [-0.25, -0.2) is 8.42 Å². The number of sulfone groups is 1. The van der Waals surface area contributed by atoms with Crippen molar-refractivity contribution >= 4 is 70.4 Å². The topological polar surface area (TPSA) is 230 Å². The first-order valence-electron chi connectivity index (χ1n) is 21.7. The number of hydrogen-bond acceptors (Lipinski definition) is 12. The third-order valence-electron chi connectivity index (χ3n) is 12.1. The second-order valence-corrected chi connectivity index (χ2v) is 21.1. The fraction of sp³-hybridized carbons (Fsp3) is 0.320. The molecule has 0 spiro atoms. The Balaban J connectivity index is 1.17. The third kappa shape index (κ3) is 11.4. The van der Waals surface area contributed by atoms with E-state index in [0.717, 1.165) is 50.0 Å². The number of hydrogen-bond donors (Lipinski definition) is 5. The molecule has 0 aliphatic heterocycles. The number of benzene rings is 6. The molecule has 67 heavy (non-hydrogen) atoms. The Labute approximate surface area is 390 Å². The van der Waals surface area contributed by atoms with Gasteiger partial charge in [-0.05, 0) is 102 Å². The van der Waals surface area contributed by atoms with E-state index >= 15 is 0 Å². The number of amides is 2. The molecule has 5 N–H and O–H groups in total. The first-order valence-corrected chi connectivity index (χ1v) is 25.1. The van der Waals surface area contributed by atoms with Crippen LogP contribution in [0, 0.1) is 0 Å². The summed E-state index contributed by atoms with van der Waals surface area (Å²) in [7, 11) is -8.93. The quantitative estimate of drug-likeness (QED) is 0.0309. The average Bonchev–Trinajstić information content (AvgIpc) is 3.27. The summed E-state index contributed by atoms with van der Waals surface area (Å²) in [6, 6.07) is 23.9. The number of carbonyl (C=O) groups excluding carboxylic acids is 2. The lowest BCUT2D eigenvalue weighted by Gasteiger charge is -2.30.